The van der Waals surface area contributed by atoms with Gasteiger partial charge in [-0.3, -0.25) is 0 Å². The van der Waals surface area contributed by atoms with Gasteiger partial charge in [0.2, 0.25) is 0 Å². The molecular weight excluding hydrogens is 180 g/mol. The lowest BCUT2D eigenvalue weighted by Crippen LogP contribution is -2.08. The zero-order chi connectivity index (χ0) is 10.5. The number of hydrogen-bond acceptors (Lipinski definition) is 4. The van der Waals surface area contributed by atoms with Gasteiger partial charge in [-0.15, -0.1) is 0 Å². The molecule has 0 unspecified atom stereocenters. The summed E-state index contributed by atoms with van der Waals surface area (Å²) in [7, 11) is 0. The molecule has 4 heteroatoms. The Bertz CT molecular complexity index is 90.1. The van der Waals surface area contributed by atoms with Gasteiger partial charge < -0.3 is 15.3 Å². The summed E-state index contributed by atoms with van der Waals surface area (Å²) in [6.45, 7) is 2.72. The van der Waals surface area contributed by atoms with Crippen molar-refractivity contribution < 1.29 is 9.57 Å². The molecule has 0 aromatic rings. The summed E-state index contributed by atoms with van der Waals surface area (Å²) in [5.41, 5.74) is 5.40. The van der Waals surface area contributed by atoms with Crippen LogP contribution in [0.25, 0.3) is 0 Å². The van der Waals surface area contributed by atoms with E-state index in [1.807, 2.05) is 0 Å². The Hall–Kier alpha value is -0.160. The van der Waals surface area contributed by atoms with Crippen LogP contribution in [0, 0.1) is 0 Å². The van der Waals surface area contributed by atoms with Gasteiger partial charge in [0.25, 0.3) is 0 Å². The van der Waals surface area contributed by atoms with Crippen LogP contribution >= 0.6 is 0 Å². The van der Waals surface area contributed by atoms with Crippen LogP contribution in [-0.2, 0) is 9.57 Å². The first-order valence-corrected chi connectivity index (χ1v) is 5.51. The summed E-state index contributed by atoms with van der Waals surface area (Å²) in [4.78, 5) is 4.38. The smallest absolute Gasteiger partial charge is 0.0913 e. The predicted molar refractivity (Wildman–Crippen MR) is 57.7 cm³/mol. The average molecular weight is 204 g/mol. The van der Waals surface area contributed by atoms with E-state index in [1.54, 1.807) is 0 Å². The minimum Gasteiger partial charge on any atom is -0.379 e. The fourth-order valence-electron chi connectivity index (χ4n) is 1.26. The lowest BCUT2D eigenvalue weighted by molar-refractivity contribution is 0.0463. The first kappa shape index (κ1) is 13.8. The molecule has 0 fully saturated rings. The topological polar surface area (TPSA) is 70.5 Å². The van der Waals surface area contributed by atoms with Crippen molar-refractivity contribution in [3.63, 3.8) is 0 Å². The van der Waals surface area contributed by atoms with Crippen LogP contribution < -0.4 is 11.6 Å². The SMILES string of the molecule is NCCCCCCCCOCCON. The third-order valence-corrected chi connectivity index (χ3v) is 2.09. The molecule has 0 atom stereocenters. The Morgan fingerprint density at radius 3 is 2.00 bits per heavy atom. The molecule has 0 heterocycles. The van der Waals surface area contributed by atoms with E-state index in [0.717, 1.165) is 26.0 Å². The largest absolute Gasteiger partial charge is 0.379 e. The van der Waals surface area contributed by atoms with Gasteiger partial charge in [0.15, 0.2) is 0 Å². The molecule has 4 N–H and O–H groups in total. The van der Waals surface area contributed by atoms with Crippen LogP contribution in [0.2, 0.25) is 0 Å². The van der Waals surface area contributed by atoms with Crippen molar-refractivity contribution in [2.45, 2.75) is 38.5 Å². The molecular formula is C10H24N2O2. The first-order valence-electron chi connectivity index (χ1n) is 5.51. The second-order valence-electron chi connectivity index (χ2n) is 3.39. The lowest BCUT2D eigenvalue weighted by atomic mass is 10.1. The fourth-order valence-corrected chi connectivity index (χ4v) is 1.26. The van der Waals surface area contributed by atoms with Crippen molar-refractivity contribution in [2.75, 3.05) is 26.4 Å². The van der Waals surface area contributed by atoms with Crippen molar-refractivity contribution in [1.29, 1.82) is 0 Å². The maximum Gasteiger partial charge on any atom is 0.0913 e. The van der Waals surface area contributed by atoms with Crippen LogP contribution in [0.3, 0.4) is 0 Å². The molecule has 0 aliphatic carbocycles. The molecule has 14 heavy (non-hydrogen) atoms. The predicted octanol–water partition coefficient (Wildman–Crippen LogP) is 1.19. The standard InChI is InChI=1S/C10H24N2O2/c11-7-5-3-1-2-4-6-8-13-9-10-14-12/h1-12H2. The van der Waals surface area contributed by atoms with Gasteiger partial charge in [-0.2, -0.15) is 0 Å². The van der Waals surface area contributed by atoms with E-state index in [2.05, 4.69) is 4.84 Å². The summed E-state index contributed by atoms with van der Waals surface area (Å²) >= 11 is 0. The van der Waals surface area contributed by atoms with Gasteiger partial charge in [-0.25, -0.2) is 5.90 Å². The van der Waals surface area contributed by atoms with Gasteiger partial charge in [-0.1, -0.05) is 25.7 Å². The summed E-state index contributed by atoms with van der Waals surface area (Å²) in [5.74, 6) is 4.85. The highest BCUT2D eigenvalue weighted by Crippen LogP contribution is 2.04. The van der Waals surface area contributed by atoms with Crippen molar-refractivity contribution >= 4 is 0 Å². The molecule has 0 aromatic heterocycles. The van der Waals surface area contributed by atoms with Crippen LogP contribution in [0.1, 0.15) is 38.5 Å². The van der Waals surface area contributed by atoms with E-state index < -0.39 is 0 Å². The van der Waals surface area contributed by atoms with Crippen molar-refractivity contribution in [1.82, 2.24) is 0 Å². The van der Waals surface area contributed by atoms with Gasteiger partial charge in [-0.05, 0) is 19.4 Å². The van der Waals surface area contributed by atoms with E-state index >= 15 is 0 Å². The molecule has 0 bridgehead atoms. The molecule has 0 amide bonds. The van der Waals surface area contributed by atoms with Gasteiger partial charge in [0.05, 0.1) is 13.2 Å². The highest BCUT2D eigenvalue weighted by atomic mass is 16.6. The number of rotatable bonds is 11. The molecule has 86 valence electrons. The van der Waals surface area contributed by atoms with Crippen molar-refractivity contribution in [3.05, 3.63) is 0 Å². The normalized spacial score (nSPS) is 10.7. The van der Waals surface area contributed by atoms with E-state index in [4.69, 9.17) is 16.4 Å². The molecule has 4 nitrogen and oxygen atoms in total. The molecule has 0 saturated carbocycles. The second-order valence-corrected chi connectivity index (χ2v) is 3.39. The number of unbranched alkanes of at least 4 members (excludes halogenated alkanes) is 5. The van der Waals surface area contributed by atoms with E-state index in [-0.39, 0.29) is 0 Å². The number of nitrogens with two attached hydrogens (primary N) is 2. The van der Waals surface area contributed by atoms with Crippen molar-refractivity contribution in [3.8, 4) is 0 Å². The summed E-state index contributed by atoms with van der Waals surface area (Å²) in [6, 6.07) is 0. The van der Waals surface area contributed by atoms with Gasteiger partial charge in [0, 0.05) is 6.61 Å². The third-order valence-electron chi connectivity index (χ3n) is 2.09. The summed E-state index contributed by atoms with van der Waals surface area (Å²) in [6.07, 6.45) is 7.38. The average Bonchev–Trinajstić information content (AvgIpc) is 2.21. The minimum atomic E-state index is 0.483. The Kier molecular flexibility index (Phi) is 12.7. The summed E-state index contributed by atoms with van der Waals surface area (Å²) in [5, 5.41) is 0. The number of hydrogen-bond donors (Lipinski definition) is 2. The Balaban J connectivity index is 2.78. The molecule has 0 radical (unpaired) electrons. The highest BCUT2D eigenvalue weighted by Gasteiger charge is 1.91. The molecule has 0 aliphatic rings. The first-order chi connectivity index (χ1) is 6.91. The monoisotopic (exact) mass is 204 g/mol. The molecule has 0 spiro atoms. The zero-order valence-corrected chi connectivity index (χ0v) is 9.04. The third kappa shape index (κ3) is 11.8. The molecule has 0 aliphatic heterocycles. The molecule has 0 saturated heterocycles. The van der Waals surface area contributed by atoms with E-state index in [0.29, 0.717) is 13.2 Å². The summed E-state index contributed by atoms with van der Waals surface area (Å²) < 4.78 is 5.28. The Morgan fingerprint density at radius 2 is 1.36 bits per heavy atom. The van der Waals surface area contributed by atoms with Crippen LogP contribution in [-0.4, -0.2) is 26.4 Å². The van der Waals surface area contributed by atoms with E-state index in [9.17, 15) is 0 Å². The number of ether oxygens (including phenoxy) is 1. The van der Waals surface area contributed by atoms with Gasteiger partial charge in [0.1, 0.15) is 0 Å². The maximum atomic E-state index is 5.40. The van der Waals surface area contributed by atoms with Crippen LogP contribution in [0.5, 0.6) is 0 Å². The molecule has 0 rings (SSSR count). The second kappa shape index (κ2) is 12.8. The zero-order valence-electron chi connectivity index (χ0n) is 9.04. The fraction of sp³-hybridized carbons (Fsp3) is 1.00. The van der Waals surface area contributed by atoms with Gasteiger partial charge >= 0.3 is 0 Å². The maximum absolute atomic E-state index is 5.40. The van der Waals surface area contributed by atoms with Crippen LogP contribution in [0.4, 0.5) is 0 Å². The quantitative estimate of drug-likeness (QED) is 0.392. The molecule has 0 aromatic carbocycles. The lowest BCUT2D eigenvalue weighted by Gasteiger charge is -2.03. The Morgan fingerprint density at radius 1 is 0.714 bits per heavy atom. The minimum absolute atomic E-state index is 0.483. The van der Waals surface area contributed by atoms with Crippen LogP contribution in [0.15, 0.2) is 0 Å². The van der Waals surface area contributed by atoms with E-state index in [1.165, 1.54) is 25.7 Å². The van der Waals surface area contributed by atoms with Crippen molar-refractivity contribution in [2.24, 2.45) is 11.6 Å². The highest BCUT2D eigenvalue weighted by molar-refractivity contribution is 4.45. The Labute approximate surface area is 86.9 Å².